The minimum absolute atomic E-state index is 0.163. The van der Waals surface area contributed by atoms with Crippen LogP contribution >= 0.6 is 0 Å². The van der Waals surface area contributed by atoms with Gasteiger partial charge in [0.05, 0.1) is 6.10 Å². The first-order chi connectivity index (χ1) is 7.58. The lowest BCUT2D eigenvalue weighted by Crippen LogP contribution is -2.25. The lowest BCUT2D eigenvalue weighted by Gasteiger charge is -2.12. The Hall–Kier alpha value is -1.10. The van der Waals surface area contributed by atoms with E-state index in [2.05, 4.69) is 29.2 Å². The Labute approximate surface area is 97.2 Å². The van der Waals surface area contributed by atoms with Crippen molar-refractivity contribution in [2.45, 2.75) is 45.8 Å². The first-order valence-corrected chi connectivity index (χ1v) is 5.83. The van der Waals surface area contributed by atoms with Crippen molar-refractivity contribution in [3.8, 4) is 6.01 Å². The number of hydrogen-bond acceptors (Lipinski definition) is 4. The van der Waals surface area contributed by atoms with Gasteiger partial charge < -0.3 is 10.1 Å². The van der Waals surface area contributed by atoms with Crippen molar-refractivity contribution in [1.82, 2.24) is 20.1 Å². The van der Waals surface area contributed by atoms with Gasteiger partial charge in [-0.3, -0.25) is 4.68 Å². The van der Waals surface area contributed by atoms with Gasteiger partial charge in [0.1, 0.15) is 6.33 Å². The van der Waals surface area contributed by atoms with Crippen LogP contribution in [0.4, 0.5) is 0 Å². The van der Waals surface area contributed by atoms with Gasteiger partial charge >= 0.3 is 6.01 Å². The van der Waals surface area contributed by atoms with E-state index >= 15 is 0 Å². The van der Waals surface area contributed by atoms with Crippen LogP contribution in [0.25, 0.3) is 0 Å². The van der Waals surface area contributed by atoms with Crippen LogP contribution in [-0.2, 0) is 7.05 Å². The lowest BCUT2D eigenvalue weighted by atomic mass is 10.2. The number of hydrogen-bond donors (Lipinski definition) is 1. The zero-order valence-electron chi connectivity index (χ0n) is 10.6. The molecule has 0 aliphatic carbocycles. The minimum atomic E-state index is 0.163. The number of ether oxygens (including phenoxy) is 1. The van der Waals surface area contributed by atoms with Gasteiger partial charge in [0.25, 0.3) is 0 Å². The lowest BCUT2D eigenvalue weighted by molar-refractivity contribution is 0.189. The zero-order chi connectivity index (χ0) is 12.0. The van der Waals surface area contributed by atoms with Crippen LogP contribution in [0.1, 0.15) is 33.6 Å². The number of aryl methyl sites for hydroxylation is 1. The summed E-state index contributed by atoms with van der Waals surface area (Å²) in [6.07, 6.45) is 3.92. The fourth-order valence-corrected chi connectivity index (χ4v) is 1.39. The molecule has 0 saturated heterocycles. The van der Waals surface area contributed by atoms with E-state index in [0.29, 0.717) is 12.1 Å². The third-order valence-corrected chi connectivity index (χ3v) is 2.23. The van der Waals surface area contributed by atoms with Crippen LogP contribution in [-0.4, -0.2) is 33.5 Å². The van der Waals surface area contributed by atoms with Crippen molar-refractivity contribution >= 4 is 0 Å². The summed E-state index contributed by atoms with van der Waals surface area (Å²) in [5, 5.41) is 7.45. The molecule has 0 aliphatic heterocycles. The van der Waals surface area contributed by atoms with Crippen molar-refractivity contribution < 1.29 is 4.74 Å². The molecule has 0 aromatic carbocycles. The molecular formula is C11H22N4O. The molecule has 1 aromatic rings. The molecule has 0 fully saturated rings. The molecule has 1 heterocycles. The fraction of sp³-hybridized carbons (Fsp3) is 0.818. The van der Waals surface area contributed by atoms with E-state index in [4.69, 9.17) is 4.74 Å². The highest BCUT2D eigenvalue weighted by Gasteiger charge is 2.06. The number of nitrogens with zero attached hydrogens (tertiary/aromatic N) is 3. The Morgan fingerprint density at radius 3 is 2.75 bits per heavy atom. The van der Waals surface area contributed by atoms with Crippen LogP contribution in [0.15, 0.2) is 6.33 Å². The van der Waals surface area contributed by atoms with Gasteiger partial charge in [-0.25, -0.2) is 0 Å². The average Bonchev–Trinajstić information content (AvgIpc) is 2.58. The van der Waals surface area contributed by atoms with Crippen LogP contribution in [0.5, 0.6) is 6.01 Å². The van der Waals surface area contributed by atoms with Gasteiger partial charge in [-0.2, -0.15) is 4.98 Å². The van der Waals surface area contributed by atoms with Gasteiger partial charge in [0, 0.05) is 13.1 Å². The van der Waals surface area contributed by atoms with Gasteiger partial charge in [-0.15, -0.1) is 5.10 Å². The molecule has 0 bridgehead atoms. The van der Waals surface area contributed by atoms with E-state index in [9.17, 15) is 0 Å². The SMILES string of the molecule is CC(C)NCCCC(C)Oc1ncn(C)n1. The maximum atomic E-state index is 5.57. The van der Waals surface area contributed by atoms with Gasteiger partial charge in [0.2, 0.25) is 0 Å². The molecule has 5 nitrogen and oxygen atoms in total. The standard InChI is InChI=1S/C11H22N4O/c1-9(2)12-7-5-6-10(3)16-11-13-8-15(4)14-11/h8-10,12H,5-7H2,1-4H3. The highest BCUT2D eigenvalue weighted by Crippen LogP contribution is 2.06. The first-order valence-electron chi connectivity index (χ1n) is 5.83. The Morgan fingerprint density at radius 1 is 1.44 bits per heavy atom. The van der Waals surface area contributed by atoms with Crippen molar-refractivity contribution in [3.05, 3.63) is 6.33 Å². The van der Waals surface area contributed by atoms with Crippen molar-refractivity contribution in [1.29, 1.82) is 0 Å². The van der Waals surface area contributed by atoms with E-state index in [0.717, 1.165) is 19.4 Å². The Morgan fingerprint density at radius 2 is 2.19 bits per heavy atom. The van der Waals surface area contributed by atoms with Gasteiger partial charge in [-0.1, -0.05) is 13.8 Å². The molecular weight excluding hydrogens is 204 g/mol. The Kier molecular flexibility index (Phi) is 5.25. The molecule has 1 atom stereocenters. The van der Waals surface area contributed by atoms with E-state index in [1.165, 1.54) is 0 Å². The smallest absolute Gasteiger partial charge is 0.335 e. The molecule has 0 aliphatic rings. The largest absolute Gasteiger partial charge is 0.459 e. The predicted molar refractivity (Wildman–Crippen MR) is 63.5 cm³/mol. The Bertz CT molecular complexity index is 298. The average molecular weight is 226 g/mol. The van der Waals surface area contributed by atoms with Crippen molar-refractivity contribution in [3.63, 3.8) is 0 Å². The molecule has 0 spiro atoms. The second-order valence-electron chi connectivity index (χ2n) is 4.38. The summed E-state index contributed by atoms with van der Waals surface area (Å²) >= 11 is 0. The molecule has 5 heteroatoms. The maximum absolute atomic E-state index is 5.57. The first kappa shape index (κ1) is 13.0. The predicted octanol–water partition coefficient (Wildman–Crippen LogP) is 1.36. The quantitative estimate of drug-likeness (QED) is 0.713. The maximum Gasteiger partial charge on any atom is 0.335 e. The molecule has 1 rings (SSSR count). The molecule has 1 aromatic heterocycles. The molecule has 0 amide bonds. The van der Waals surface area contributed by atoms with Crippen LogP contribution in [0.3, 0.4) is 0 Å². The third-order valence-electron chi connectivity index (χ3n) is 2.23. The summed E-state index contributed by atoms with van der Waals surface area (Å²) in [4.78, 5) is 4.03. The highest BCUT2D eigenvalue weighted by atomic mass is 16.5. The summed E-state index contributed by atoms with van der Waals surface area (Å²) in [6, 6.07) is 1.01. The summed E-state index contributed by atoms with van der Waals surface area (Å²) in [5.74, 6) is 0. The second kappa shape index (κ2) is 6.48. The fourth-order valence-electron chi connectivity index (χ4n) is 1.39. The highest BCUT2D eigenvalue weighted by molar-refractivity contribution is 4.87. The molecule has 1 unspecified atom stereocenters. The van der Waals surface area contributed by atoms with E-state index < -0.39 is 0 Å². The molecule has 16 heavy (non-hydrogen) atoms. The summed E-state index contributed by atoms with van der Waals surface area (Å²) in [5.41, 5.74) is 0. The second-order valence-corrected chi connectivity index (χ2v) is 4.38. The molecule has 92 valence electrons. The van der Waals surface area contributed by atoms with Crippen LogP contribution in [0.2, 0.25) is 0 Å². The van der Waals surface area contributed by atoms with Gasteiger partial charge in [-0.05, 0) is 26.3 Å². The monoisotopic (exact) mass is 226 g/mol. The van der Waals surface area contributed by atoms with E-state index in [1.54, 1.807) is 11.0 Å². The number of rotatable bonds is 7. The minimum Gasteiger partial charge on any atom is -0.459 e. The van der Waals surface area contributed by atoms with Crippen molar-refractivity contribution in [2.24, 2.45) is 7.05 Å². The topological polar surface area (TPSA) is 52.0 Å². The van der Waals surface area contributed by atoms with Crippen LogP contribution in [0, 0.1) is 0 Å². The van der Waals surface area contributed by atoms with Crippen LogP contribution < -0.4 is 10.1 Å². The van der Waals surface area contributed by atoms with Crippen molar-refractivity contribution in [2.75, 3.05) is 6.54 Å². The zero-order valence-corrected chi connectivity index (χ0v) is 10.6. The molecule has 1 N–H and O–H groups in total. The third kappa shape index (κ3) is 5.11. The van der Waals surface area contributed by atoms with E-state index in [-0.39, 0.29) is 6.10 Å². The summed E-state index contributed by atoms with van der Waals surface area (Å²) in [7, 11) is 1.83. The van der Waals surface area contributed by atoms with E-state index in [1.807, 2.05) is 14.0 Å². The Balaban J connectivity index is 2.13. The normalized spacial score (nSPS) is 13.1. The molecule has 0 saturated carbocycles. The summed E-state index contributed by atoms with van der Waals surface area (Å²) < 4.78 is 7.21. The van der Waals surface area contributed by atoms with Gasteiger partial charge in [0.15, 0.2) is 0 Å². The summed E-state index contributed by atoms with van der Waals surface area (Å²) in [6.45, 7) is 7.38. The molecule has 0 radical (unpaired) electrons. The number of aromatic nitrogens is 3. The number of nitrogens with one attached hydrogen (secondary N) is 1.